The highest BCUT2D eigenvalue weighted by Gasteiger charge is 2.34. The van der Waals surface area contributed by atoms with Crippen LogP contribution >= 0.6 is 11.3 Å². The second kappa shape index (κ2) is 11.1. The predicted octanol–water partition coefficient (Wildman–Crippen LogP) is 3.50. The van der Waals surface area contributed by atoms with Gasteiger partial charge in [0, 0.05) is 0 Å². The van der Waals surface area contributed by atoms with Gasteiger partial charge in [0.1, 0.15) is 5.75 Å². The quantitative estimate of drug-likeness (QED) is 0.332. The van der Waals surface area contributed by atoms with Crippen LogP contribution in [0.5, 0.6) is 5.75 Å². The van der Waals surface area contributed by atoms with Gasteiger partial charge >= 0.3 is 11.9 Å². The van der Waals surface area contributed by atoms with Crippen LogP contribution in [0.15, 0.2) is 87.8 Å². The molecule has 0 radical (unpaired) electrons. The molecule has 39 heavy (non-hydrogen) atoms. The van der Waals surface area contributed by atoms with E-state index in [1.807, 2.05) is 42.5 Å². The molecule has 0 N–H and O–H groups in total. The number of esters is 2. The number of methoxy groups -OCH3 is 1. The van der Waals surface area contributed by atoms with Gasteiger partial charge in [0.2, 0.25) is 0 Å². The Hall–Kier alpha value is -4.50. The van der Waals surface area contributed by atoms with Gasteiger partial charge in [-0.15, -0.1) is 0 Å². The number of nitrogens with zero attached hydrogens (tertiary/aromatic N) is 2. The molecule has 4 aromatic rings. The molecular formula is C30H26N2O6S. The zero-order valence-corrected chi connectivity index (χ0v) is 22.5. The highest BCUT2D eigenvalue weighted by atomic mass is 32.1. The minimum atomic E-state index is -0.692. The van der Waals surface area contributed by atoms with Crippen molar-refractivity contribution in [1.82, 2.24) is 4.57 Å². The lowest BCUT2D eigenvalue weighted by atomic mass is 9.91. The number of ether oxygens (including phenoxy) is 3. The van der Waals surface area contributed by atoms with Crippen LogP contribution in [0.25, 0.3) is 16.8 Å². The van der Waals surface area contributed by atoms with Crippen molar-refractivity contribution >= 4 is 40.1 Å². The Morgan fingerprint density at radius 2 is 1.79 bits per heavy atom. The minimum Gasteiger partial charge on any atom is -0.482 e. The highest BCUT2D eigenvalue weighted by molar-refractivity contribution is 7.07. The molecule has 0 bridgehead atoms. The summed E-state index contributed by atoms with van der Waals surface area (Å²) in [7, 11) is 1.30. The molecule has 3 aromatic carbocycles. The number of hydrogen-bond acceptors (Lipinski definition) is 8. The van der Waals surface area contributed by atoms with Crippen molar-refractivity contribution in [2.24, 2.45) is 4.99 Å². The van der Waals surface area contributed by atoms with E-state index in [1.54, 1.807) is 48.8 Å². The Morgan fingerprint density at radius 3 is 2.54 bits per heavy atom. The number of carbonyl (C=O) groups excluding carboxylic acids is 2. The molecule has 198 valence electrons. The van der Waals surface area contributed by atoms with E-state index in [0.717, 1.165) is 21.9 Å². The third-order valence-electron chi connectivity index (χ3n) is 6.40. The number of allylic oxidation sites excluding steroid dienone is 1. The average Bonchev–Trinajstić information content (AvgIpc) is 3.25. The summed E-state index contributed by atoms with van der Waals surface area (Å²) in [6, 6.07) is 20.1. The number of hydrogen-bond donors (Lipinski definition) is 0. The summed E-state index contributed by atoms with van der Waals surface area (Å²) in [5.41, 5.74) is 2.21. The summed E-state index contributed by atoms with van der Waals surface area (Å²) < 4.78 is 17.5. The fourth-order valence-electron chi connectivity index (χ4n) is 4.59. The summed E-state index contributed by atoms with van der Waals surface area (Å²) in [5.74, 6) is -0.461. The standard InChI is InChI=1S/C30H26N2O6S/c1-4-37-29(35)26-18(2)31-30-32(27(26)23-11-7-9-20-8-5-6-10-22(20)23)28(34)24(39-30)16-19-12-14-21(15-13-19)38-17-25(33)36-3/h5-16,27H,4,17H2,1-3H3/b24-16-/t27-/m0/s1. The maximum Gasteiger partial charge on any atom is 0.343 e. The first-order valence-electron chi connectivity index (χ1n) is 12.4. The maximum atomic E-state index is 13.9. The van der Waals surface area contributed by atoms with Gasteiger partial charge in [-0.05, 0) is 54.0 Å². The monoisotopic (exact) mass is 542 g/mol. The summed E-state index contributed by atoms with van der Waals surface area (Å²) in [4.78, 5) is 43.6. The first-order valence-corrected chi connectivity index (χ1v) is 13.2. The number of rotatable bonds is 7. The van der Waals surface area contributed by atoms with E-state index in [1.165, 1.54) is 18.4 Å². The normalized spacial score (nSPS) is 15.1. The molecule has 0 saturated heterocycles. The van der Waals surface area contributed by atoms with Crippen LogP contribution in [0.2, 0.25) is 0 Å². The highest BCUT2D eigenvalue weighted by Crippen LogP contribution is 2.34. The van der Waals surface area contributed by atoms with Crippen LogP contribution in [-0.4, -0.2) is 36.8 Å². The SMILES string of the molecule is CCOC(=O)C1=C(C)N=c2s/c(=C\c3ccc(OCC(=O)OC)cc3)c(=O)n2[C@H]1c1cccc2ccccc12. The number of aromatic nitrogens is 1. The topological polar surface area (TPSA) is 96.2 Å². The molecule has 0 aliphatic carbocycles. The second-order valence-electron chi connectivity index (χ2n) is 8.80. The Morgan fingerprint density at radius 1 is 1.05 bits per heavy atom. The molecule has 5 rings (SSSR count). The Bertz CT molecular complexity index is 1780. The molecule has 0 spiro atoms. The van der Waals surface area contributed by atoms with Crippen molar-refractivity contribution in [3.63, 3.8) is 0 Å². The zero-order chi connectivity index (χ0) is 27.5. The predicted molar refractivity (Wildman–Crippen MR) is 148 cm³/mol. The van der Waals surface area contributed by atoms with Gasteiger partial charge < -0.3 is 14.2 Å². The van der Waals surface area contributed by atoms with E-state index in [2.05, 4.69) is 9.73 Å². The van der Waals surface area contributed by atoms with Crippen LogP contribution in [0.1, 0.15) is 31.0 Å². The van der Waals surface area contributed by atoms with Crippen molar-refractivity contribution in [1.29, 1.82) is 0 Å². The molecular weight excluding hydrogens is 516 g/mol. The van der Waals surface area contributed by atoms with E-state index in [0.29, 0.717) is 26.4 Å². The van der Waals surface area contributed by atoms with Crippen molar-refractivity contribution in [2.45, 2.75) is 19.9 Å². The fraction of sp³-hybridized carbons (Fsp3) is 0.200. The number of carbonyl (C=O) groups is 2. The number of fused-ring (bicyclic) bond motifs is 2. The summed E-state index contributed by atoms with van der Waals surface area (Å²) in [6.45, 7) is 3.54. The third kappa shape index (κ3) is 5.13. The van der Waals surface area contributed by atoms with Gasteiger partial charge in [-0.1, -0.05) is 65.9 Å². The minimum absolute atomic E-state index is 0.190. The summed E-state index contributed by atoms with van der Waals surface area (Å²) >= 11 is 1.26. The molecule has 0 amide bonds. The molecule has 2 heterocycles. The van der Waals surface area contributed by atoms with Crippen molar-refractivity contribution < 1.29 is 23.8 Å². The van der Waals surface area contributed by atoms with Gasteiger partial charge in [0.05, 0.1) is 35.6 Å². The largest absolute Gasteiger partial charge is 0.482 e. The summed E-state index contributed by atoms with van der Waals surface area (Å²) in [6.07, 6.45) is 1.78. The Kier molecular flexibility index (Phi) is 7.42. The van der Waals surface area contributed by atoms with Gasteiger partial charge in [0.15, 0.2) is 11.4 Å². The maximum absolute atomic E-state index is 13.9. The van der Waals surface area contributed by atoms with Crippen molar-refractivity contribution in [3.05, 3.63) is 109 Å². The molecule has 0 unspecified atom stereocenters. The van der Waals surface area contributed by atoms with E-state index in [-0.39, 0.29) is 18.8 Å². The van der Waals surface area contributed by atoms with Crippen molar-refractivity contribution in [3.8, 4) is 5.75 Å². The lowest BCUT2D eigenvalue weighted by molar-refractivity contribution is -0.143. The van der Waals surface area contributed by atoms with E-state index >= 15 is 0 Å². The van der Waals surface area contributed by atoms with E-state index < -0.39 is 18.0 Å². The second-order valence-corrected chi connectivity index (χ2v) is 9.81. The molecule has 0 fully saturated rings. The van der Waals surface area contributed by atoms with Gasteiger partial charge in [-0.25, -0.2) is 14.6 Å². The van der Waals surface area contributed by atoms with E-state index in [9.17, 15) is 14.4 Å². The molecule has 1 aromatic heterocycles. The molecule has 9 heteroatoms. The van der Waals surface area contributed by atoms with Crippen LogP contribution in [0.4, 0.5) is 0 Å². The van der Waals surface area contributed by atoms with E-state index in [4.69, 9.17) is 9.47 Å². The molecule has 0 saturated carbocycles. The van der Waals surface area contributed by atoms with Crippen molar-refractivity contribution in [2.75, 3.05) is 20.3 Å². The number of benzene rings is 3. The zero-order valence-electron chi connectivity index (χ0n) is 21.7. The first-order chi connectivity index (χ1) is 18.9. The third-order valence-corrected chi connectivity index (χ3v) is 7.38. The summed E-state index contributed by atoms with van der Waals surface area (Å²) in [5, 5.41) is 1.95. The van der Waals surface area contributed by atoms with Gasteiger partial charge in [-0.3, -0.25) is 9.36 Å². The van der Waals surface area contributed by atoms with Crippen LogP contribution in [0, 0.1) is 0 Å². The van der Waals surface area contributed by atoms with Crippen LogP contribution in [0.3, 0.4) is 0 Å². The molecule has 1 aliphatic rings. The lowest BCUT2D eigenvalue weighted by Gasteiger charge is -2.25. The van der Waals surface area contributed by atoms with Gasteiger partial charge in [-0.2, -0.15) is 0 Å². The number of thiazole rings is 1. The molecule has 8 nitrogen and oxygen atoms in total. The molecule has 1 atom stereocenters. The van der Waals surface area contributed by atoms with Gasteiger partial charge in [0.25, 0.3) is 5.56 Å². The smallest absolute Gasteiger partial charge is 0.343 e. The fourth-order valence-corrected chi connectivity index (χ4v) is 5.63. The molecule has 1 aliphatic heterocycles. The van der Waals surface area contributed by atoms with Crippen LogP contribution < -0.4 is 19.6 Å². The average molecular weight is 543 g/mol. The van der Waals surface area contributed by atoms with Crippen LogP contribution in [-0.2, 0) is 19.1 Å². The lowest BCUT2D eigenvalue weighted by Crippen LogP contribution is -2.40. The first kappa shape index (κ1) is 26.1. The Balaban J connectivity index is 1.63. The Labute approximate surface area is 228 Å².